The molecule has 2 atom stereocenters. The summed E-state index contributed by atoms with van der Waals surface area (Å²) in [4.78, 5) is 9.17. The number of nitrogens with zero attached hydrogens (tertiary/aromatic N) is 4. The third-order valence-corrected chi connectivity index (χ3v) is 5.52. The molecule has 0 radical (unpaired) electrons. The molecule has 4 rings (SSSR count). The van der Waals surface area contributed by atoms with Gasteiger partial charge >= 0.3 is 0 Å². The maximum atomic E-state index is 14.1. The van der Waals surface area contributed by atoms with E-state index in [4.69, 9.17) is 4.52 Å². The van der Waals surface area contributed by atoms with E-state index in [1.54, 1.807) is 0 Å². The van der Waals surface area contributed by atoms with Crippen LogP contribution in [-0.2, 0) is 6.54 Å². The minimum atomic E-state index is -0.468. The second-order valence-corrected chi connectivity index (χ2v) is 7.72. The van der Waals surface area contributed by atoms with Crippen molar-refractivity contribution >= 4 is 29.9 Å². The van der Waals surface area contributed by atoms with E-state index in [9.17, 15) is 8.78 Å². The zero-order valence-corrected chi connectivity index (χ0v) is 19.6. The Hall–Kier alpha value is -1.75. The summed E-state index contributed by atoms with van der Waals surface area (Å²) in [7, 11) is 0. The first-order valence-corrected chi connectivity index (χ1v) is 10.2. The second-order valence-electron chi connectivity index (χ2n) is 7.72. The summed E-state index contributed by atoms with van der Waals surface area (Å²) >= 11 is 0. The number of nitrogens with one attached hydrogen (secondary N) is 1. The first kappa shape index (κ1) is 22.9. The topological polar surface area (TPSA) is 56.9 Å². The van der Waals surface area contributed by atoms with Crippen LogP contribution in [-0.4, -0.2) is 59.7 Å². The standard InChI is InChI=1S/C21H27F2N5O.HI/c1-3-24-21(25-19-12-16(19)20-17(22)5-4-6-18(20)23)28-9-7-27(8-10-28)13-15-11-14(2)29-26-15;/h4-6,11,16,19H,3,7-10,12-13H2,1-2H3,(H,24,25);1H. The average molecular weight is 531 g/mol. The number of piperazine rings is 1. The molecule has 9 heteroatoms. The van der Waals surface area contributed by atoms with Crippen LogP contribution in [0.25, 0.3) is 0 Å². The number of aliphatic imine (C=N–C) groups is 1. The highest BCUT2D eigenvalue weighted by molar-refractivity contribution is 14.0. The van der Waals surface area contributed by atoms with Gasteiger partial charge < -0.3 is 14.7 Å². The fourth-order valence-electron chi connectivity index (χ4n) is 3.93. The highest BCUT2D eigenvalue weighted by Gasteiger charge is 2.43. The SMILES string of the molecule is CCN=C(NC1CC1c1c(F)cccc1F)N1CCN(Cc2cc(C)on2)CC1.I. The number of aromatic nitrogens is 1. The molecule has 30 heavy (non-hydrogen) atoms. The summed E-state index contributed by atoms with van der Waals surface area (Å²) in [5.41, 5.74) is 1.14. The third-order valence-electron chi connectivity index (χ3n) is 5.52. The molecule has 1 saturated heterocycles. The van der Waals surface area contributed by atoms with Crippen molar-refractivity contribution in [1.29, 1.82) is 0 Å². The number of hydrogen-bond acceptors (Lipinski definition) is 4. The normalized spacial score (nSPS) is 22.0. The van der Waals surface area contributed by atoms with Crippen LogP contribution < -0.4 is 5.32 Å². The van der Waals surface area contributed by atoms with Crippen molar-refractivity contribution in [1.82, 2.24) is 20.3 Å². The number of aryl methyl sites for hydroxylation is 1. The molecule has 2 aromatic rings. The van der Waals surface area contributed by atoms with E-state index in [1.165, 1.54) is 18.2 Å². The minimum absolute atomic E-state index is 0. The van der Waals surface area contributed by atoms with E-state index >= 15 is 0 Å². The molecule has 1 aliphatic heterocycles. The van der Waals surface area contributed by atoms with E-state index in [1.807, 2.05) is 19.9 Å². The third kappa shape index (κ3) is 5.29. The van der Waals surface area contributed by atoms with Gasteiger partial charge in [0.2, 0.25) is 0 Å². The summed E-state index contributed by atoms with van der Waals surface area (Å²) < 4.78 is 33.2. The van der Waals surface area contributed by atoms with Crippen LogP contribution in [0.1, 0.15) is 36.3 Å². The van der Waals surface area contributed by atoms with Gasteiger partial charge in [-0.25, -0.2) is 8.78 Å². The number of halogens is 3. The molecule has 0 bridgehead atoms. The Morgan fingerprint density at radius 1 is 1.23 bits per heavy atom. The molecule has 1 aromatic heterocycles. The average Bonchev–Trinajstić information content (AvgIpc) is 3.32. The summed E-state index contributed by atoms with van der Waals surface area (Å²) in [5.74, 6) is 0.573. The Morgan fingerprint density at radius 2 is 1.93 bits per heavy atom. The van der Waals surface area contributed by atoms with Crippen molar-refractivity contribution < 1.29 is 13.3 Å². The van der Waals surface area contributed by atoms with Gasteiger partial charge in [0, 0.05) is 62.9 Å². The highest BCUT2D eigenvalue weighted by atomic mass is 127. The van der Waals surface area contributed by atoms with Gasteiger partial charge in [0.1, 0.15) is 17.4 Å². The molecular weight excluding hydrogens is 503 g/mol. The van der Waals surface area contributed by atoms with Crippen LogP contribution in [0, 0.1) is 18.6 Å². The van der Waals surface area contributed by atoms with Crippen LogP contribution in [0.2, 0.25) is 0 Å². The Kier molecular flexibility index (Phi) is 7.67. The molecule has 1 aromatic carbocycles. The fourth-order valence-corrected chi connectivity index (χ4v) is 3.93. The summed E-state index contributed by atoms with van der Waals surface area (Å²) in [5, 5.41) is 7.49. The van der Waals surface area contributed by atoms with E-state index in [0.717, 1.165) is 50.1 Å². The van der Waals surface area contributed by atoms with E-state index in [0.29, 0.717) is 13.0 Å². The molecule has 2 heterocycles. The zero-order valence-electron chi connectivity index (χ0n) is 17.3. The van der Waals surface area contributed by atoms with E-state index in [2.05, 4.69) is 25.3 Å². The Labute approximate surface area is 192 Å². The Balaban J connectivity index is 0.00000256. The van der Waals surface area contributed by atoms with E-state index in [-0.39, 0.29) is 41.5 Å². The Bertz CT molecular complexity index is 862. The zero-order chi connectivity index (χ0) is 20.4. The smallest absolute Gasteiger partial charge is 0.194 e. The lowest BCUT2D eigenvalue weighted by Crippen LogP contribution is -2.52. The molecule has 0 spiro atoms. The van der Waals surface area contributed by atoms with Gasteiger partial charge in [-0.15, -0.1) is 24.0 Å². The molecule has 2 fully saturated rings. The first-order chi connectivity index (χ1) is 14.0. The molecule has 2 aliphatic rings. The monoisotopic (exact) mass is 531 g/mol. The van der Waals surface area contributed by atoms with Gasteiger partial charge in [-0.2, -0.15) is 0 Å². The van der Waals surface area contributed by atoms with Gasteiger partial charge in [0.25, 0.3) is 0 Å². The van der Waals surface area contributed by atoms with Gasteiger partial charge in [0.05, 0.1) is 5.69 Å². The number of hydrogen-bond donors (Lipinski definition) is 1. The number of benzene rings is 1. The molecule has 0 amide bonds. The van der Waals surface area contributed by atoms with Crippen molar-refractivity contribution in [3.8, 4) is 0 Å². The number of guanidine groups is 1. The largest absolute Gasteiger partial charge is 0.361 e. The molecule has 164 valence electrons. The second kappa shape index (κ2) is 10.0. The molecule has 1 saturated carbocycles. The maximum Gasteiger partial charge on any atom is 0.194 e. The van der Waals surface area contributed by atoms with Crippen molar-refractivity contribution in [2.45, 2.75) is 38.8 Å². The lowest BCUT2D eigenvalue weighted by atomic mass is 10.1. The predicted octanol–water partition coefficient (Wildman–Crippen LogP) is 3.52. The molecular formula is C21H28F2IN5O. The molecule has 2 unspecified atom stereocenters. The summed E-state index contributed by atoms with van der Waals surface area (Å²) in [6.45, 7) is 8.79. The predicted molar refractivity (Wildman–Crippen MR) is 122 cm³/mol. The molecule has 1 N–H and O–H groups in total. The number of rotatable bonds is 5. The lowest BCUT2D eigenvalue weighted by Gasteiger charge is -2.36. The van der Waals surface area contributed by atoms with Crippen LogP contribution in [0.4, 0.5) is 8.78 Å². The highest BCUT2D eigenvalue weighted by Crippen LogP contribution is 2.43. The minimum Gasteiger partial charge on any atom is -0.361 e. The molecule has 6 nitrogen and oxygen atoms in total. The van der Waals surface area contributed by atoms with Gasteiger partial charge in [0.15, 0.2) is 5.96 Å². The van der Waals surface area contributed by atoms with Gasteiger partial charge in [-0.1, -0.05) is 11.2 Å². The van der Waals surface area contributed by atoms with Crippen molar-refractivity contribution in [3.63, 3.8) is 0 Å². The van der Waals surface area contributed by atoms with Crippen LogP contribution >= 0.6 is 24.0 Å². The first-order valence-electron chi connectivity index (χ1n) is 10.2. The Morgan fingerprint density at radius 3 is 2.53 bits per heavy atom. The summed E-state index contributed by atoms with van der Waals surface area (Å²) in [6, 6.07) is 6.04. The van der Waals surface area contributed by atoms with Crippen molar-refractivity contribution in [2.24, 2.45) is 4.99 Å². The maximum absolute atomic E-state index is 14.1. The van der Waals surface area contributed by atoms with Crippen molar-refractivity contribution in [2.75, 3.05) is 32.7 Å². The molecule has 1 aliphatic carbocycles. The van der Waals surface area contributed by atoms with E-state index < -0.39 is 11.6 Å². The van der Waals surface area contributed by atoms with Crippen LogP contribution in [0.15, 0.2) is 33.8 Å². The van der Waals surface area contributed by atoms with Crippen molar-refractivity contribution in [3.05, 3.63) is 52.9 Å². The van der Waals surface area contributed by atoms with Crippen LogP contribution in [0.5, 0.6) is 0 Å². The fraction of sp³-hybridized carbons (Fsp3) is 0.524. The van der Waals surface area contributed by atoms with Gasteiger partial charge in [-0.3, -0.25) is 9.89 Å². The quantitative estimate of drug-likeness (QED) is 0.364. The summed E-state index contributed by atoms with van der Waals surface area (Å²) in [6.07, 6.45) is 0.714. The van der Waals surface area contributed by atoms with Crippen LogP contribution in [0.3, 0.4) is 0 Å². The lowest BCUT2D eigenvalue weighted by molar-refractivity contribution is 0.168. The van der Waals surface area contributed by atoms with Gasteiger partial charge in [-0.05, 0) is 32.4 Å².